The predicted molar refractivity (Wildman–Crippen MR) is 154 cm³/mol. The highest BCUT2D eigenvalue weighted by atomic mass is 16.5. The van der Waals surface area contributed by atoms with E-state index in [-0.39, 0.29) is 0 Å². The van der Waals surface area contributed by atoms with Gasteiger partial charge in [-0.25, -0.2) is 4.98 Å². The summed E-state index contributed by atoms with van der Waals surface area (Å²) in [6.07, 6.45) is 2.13. The molecule has 0 N–H and O–H groups in total. The van der Waals surface area contributed by atoms with Crippen LogP contribution < -0.4 is 9.30 Å². The van der Waals surface area contributed by atoms with Crippen LogP contribution in [0.4, 0.5) is 0 Å². The van der Waals surface area contributed by atoms with Gasteiger partial charge in [-0.3, -0.25) is 8.97 Å². The highest BCUT2D eigenvalue weighted by Crippen LogP contribution is 2.30. The fourth-order valence-electron chi connectivity index (χ4n) is 5.73. The van der Waals surface area contributed by atoms with E-state index in [1.54, 1.807) is 7.11 Å². The number of hydrogen-bond acceptors (Lipinski definition) is 2. The molecule has 6 nitrogen and oxygen atoms in total. The van der Waals surface area contributed by atoms with Crippen molar-refractivity contribution in [2.24, 2.45) is 0 Å². The monoisotopic (exact) mass is 506 g/mol. The molecule has 8 aromatic rings. The van der Waals surface area contributed by atoms with E-state index in [9.17, 15) is 0 Å². The third-order valence-corrected chi connectivity index (χ3v) is 7.45. The van der Waals surface area contributed by atoms with Crippen LogP contribution in [-0.4, -0.2) is 25.6 Å². The molecular formula is C33H24N5O+. The molecule has 0 aliphatic rings. The third kappa shape index (κ3) is 3.15. The summed E-state index contributed by atoms with van der Waals surface area (Å²) in [5.41, 5.74) is 9.64. The number of aromatic nitrogens is 5. The molecule has 6 heteroatoms. The van der Waals surface area contributed by atoms with E-state index >= 15 is 0 Å². The van der Waals surface area contributed by atoms with Gasteiger partial charge in [-0.2, -0.15) is 9.13 Å². The summed E-state index contributed by atoms with van der Waals surface area (Å²) in [6.45, 7) is 0. The Balaban J connectivity index is 1.38. The normalized spacial score (nSPS) is 11.7. The predicted octanol–water partition coefficient (Wildman–Crippen LogP) is 6.66. The second-order valence-electron chi connectivity index (χ2n) is 9.60. The Hall–Kier alpha value is -5.36. The lowest BCUT2D eigenvalue weighted by Crippen LogP contribution is -2.29. The standard InChI is InChI=1S/C33H24N5O/c1-39-32-20-9-8-19-31(32)36-22-35(27-15-4-5-16-28(27)36)23-11-10-12-24(21-23)37-29-17-6-7-18-30(29)38-26-14-3-2-13-25(26)34-33(37)38/h2-22H,1H3/q+1. The summed E-state index contributed by atoms with van der Waals surface area (Å²) >= 11 is 0. The van der Waals surface area contributed by atoms with Gasteiger partial charge in [0.05, 0.1) is 34.9 Å². The Morgan fingerprint density at radius 2 is 1.38 bits per heavy atom. The van der Waals surface area contributed by atoms with E-state index in [0.717, 1.165) is 61.7 Å². The van der Waals surface area contributed by atoms with E-state index in [1.807, 2.05) is 24.3 Å². The van der Waals surface area contributed by atoms with Crippen molar-refractivity contribution in [3.8, 4) is 22.8 Å². The molecule has 5 aromatic carbocycles. The van der Waals surface area contributed by atoms with Gasteiger partial charge in [0.1, 0.15) is 5.69 Å². The minimum absolute atomic E-state index is 0.826. The fraction of sp³-hybridized carbons (Fsp3) is 0.0303. The van der Waals surface area contributed by atoms with Crippen molar-refractivity contribution in [1.29, 1.82) is 0 Å². The van der Waals surface area contributed by atoms with Gasteiger partial charge in [-0.05, 0) is 60.7 Å². The first kappa shape index (κ1) is 21.7. The number of ether oxygens (including phenoxy) is 1. The lowest BCUT2D eigenvalue weighted by atomic mass is 10.2. The Morgan fingerprint density at radius 3 is 2.26 bits per heavy atom. The minimum Gasteiger partial charge on any atom is -0.492 e. The van der Waals surface area contributed by atoms with Crippen LogP contribution in [0.5, 0.6) is 5.75 Å². The molecule has 3 heterocycles. The SMILES string of the molecule is COc1ccccc1-n1c[n+](-c2cccc(-n3c4ccccc4n4c5ccccc5nc34)c2)c2ccccc21. The van der Waals surface area contributed by atoms with E-state index in [1.165, 1.54) is 0 Å². The van der Waals surface area contributed by atoms with Crippen LogP contribution >= 0.6 is 0 Å². The van der Waals surface area contributed by atoms with Crippen molar-refractivity contribution >= 4 is 38.9 Å². The molecular weight excluding hydrogens is 482 g/mol. The number of imidazole rings is 3. The molecule has 0 amide bonds. The Labute approximate surface area is 224 Å². The van der Waals surface area contributed by atoms with E-state index in [4.69, 9.17) is 9.72 Å². The molecule has 0 bridgehead atoms. The highest BCUT2D eigenvalue weighted by molar-refractivity contribution is 5.92. The summed E-state index contributed by atoms with van der Waals surface area (Å²) < 4.78 is 14.6. The molecule has 0 spiro atoms. The summed E-state index contributed by atoms with van der Waals surface area (Å²) in [5.74, 6) is 1.72. The Bertz CT molecular complexity index is 2180. The average molecular weight is 507 g/mol. The van der Waals surface area contributed by atoms with Gasteiger partial charge in [-0.15, -0.1) is 0 Å². The van der Waals surface area contributed by atoms with Crippen molar-refractivity contribution in [3.05, 3.63) is 128 Å². The van der Waals surface area contributed by atoms with Crippen LogP contribution in [0.15, 0.2) is 128 Å². The largest absolute Gasteiger partial charge is 0.492 e. The number of fused-ring (bicyclic) bond motifs is 6. The first-order chi connectivity index (χ1) is 19.3. The third-order valence-electron chi connectivity index (χ3n) is 7.45. The Morgan fingerprint density at radius 1 is 0.667 bits per heavy atom. The molecule has 0 fully saturated rings. The van der Waals surface area contributed by atoms with Gasteiger partial charge in [0.2, 0.25) is 5.78 Å². The second-order valence-corrected chi connectivity index (χ2v) is 9.60. The van der Waals surface area contributed by atoms with Gasteiger partial charge in [-0.1, -0.05) is 54.6 Å². The molecule has 0 aliphatic heterocycles. The first-order valence-corrected chi connectivity index (χ1v) is 12.9. The maximum atomic E-state index is 5.70. The summed E-state index contributed by atoms with van der Waals surface area (Å²) in [7, 11) is 1.71. The summed E-state index contributed by atoms with van der Waals surface area (Å²) in [4.78, 5) is 5.05. The first-order valence-electron chi connectivity index (χ1n) is 12.9. The zero-order valence-corrected chi connectivity index (χ0v) is 21.3. The molecule has 0 atom stereocenters. The Kier molecular flexibility index (Phi) is 4.63. The van der Waals surface area contributed by atoms with Gasteiger partial charge >= 0.3 is 0 Å². The molecule has 0 aliphatic carbocycles. The smallest absolute Gasteiger partial charge is 0.255 e. The van der Waals surface area contributed by atoms with Crippen molar-refractivity contribution in [2.75, 3.05) is 7.11 Å². The number of rotatable bonds is 4. The lowest BCUT2D eigenvalue weighted by molar-refractivity contribution is -0.567. The topological polar surface area (TPSA) is 40.3 Å². The average Bonchev–Trinajstić information content (AvgIpc) is 3.66. The van der Waals surface area contributed by atoms with Gasteiger partial charge in [0.15, 0.2) is 22.5 Å². The number of hydrogen-bond donors (Lipinski definition) is 0. The van der Waals surface area contributed by atoms with Crippen molar-refractivity contribution in [2.45, 2.75) is 0 Å². The lowest BCUT2D eigenvalue weighted by Gasteiger charge is -2.07. The van der Waals surface area contributed by atoms with E-state index in [2.05, 4.69) is 121 Å². The van der Waals surface area contributed by atoms with Crippen molar-refractivity contribution in [1.82, 2.24) is 18.5 Å². The van der Waals surface area contributed by atoms with Crippen LogP contribution in [0.2, 0.25) is 0 Å². The number of nitrogens with zero attached hydrogens (tertiary/aromatic N) is 5. The molecule has 186 valence electrons. The second kappa shape index (κ2) is 8.33. The van der Waals surface area contributed by atoms with E-state index in [0.29, 0.717) is 0 Å². The zero-order valence-electron chi connectivity index (χ0n) is 21.3. The van der Waals surface area contributed by atoms with Crippen LogP contribution in [0.25, 0.3) is 55.9 Å². The van der Waals surface area contributed by atoms with Gasteiger partial charge < -0.3 is 4.74 Å². The van der Waals surface area contributed by atoms with Crippen molar-refractivity contribution in [3.63, 3.8) is 0 Å². The van der Waals surface area contributed by atoms with Gasteiger partial charge in [0.25, 0.3) is 6.33 Å². The van der Waals surface area contributed by atoms with E-state index < -0.39 is 0 Å². The van der Waals surface area contributed by atoms with Crippen molar-refractivity contribution < 1.29 is 9.30 Å². The molecule has 39 heavy (non-hydrogen) atoms. The van der Waals surface area contributed by atoms with Crippen LogP contribution in [-0.2, 0) is 0 Å². The molecule has 3 aromatic heterocycles. The number of benzene rings is 5. The highest BCUT2D eigenvalue weighted by Gasteiger charge is 2.22. The molecule has 8 rings (SSSR count). The number of methoxy groups -OCH3 is 1. The summed E-state index contributed by atoms with van der Waals surface area (Å²) in [6, 6.07) is 42.0. The van der Waals surface area contributed by atoms with Crippen LogP contribution in [0.3, 0.4) is 0 Å². The molecule has 0 unspecified atom stereocenters. The fourth-order valence-corrected chi connectivity index (χ4v) is 5.73. The zero-order chi connectivity index (χ0) is 25.9. The van der Waals surface area contributed by atoms with Crippen LogP contribution in [0.1, 0.15) is 0 Å². The molecule has 0 radical (unpaired) electrons. The molecule has 0 saturated carbocycles. The number of para-hydroxylation sites is 8. The maximum Gasteiger partial charge on any atom is 0.255 e. The molecule has 0 saturated heterocycles. The quantitative estimate of drug-likeness (QED) is 0.251. The summed E-state index contributed by atoms with van der Waals surface area (Å²) in [5, 5.41) is 0. The van der Waals surface area contributed by atoms with Gasteiger partial charge in [0, 0.05) is 6.07 Å². The maximum absolute atomic E-state index is 5.70. The minimum atomic E-state index is 0.826. The van der Waals surface area contributed by atoms with Crippen LogP contribution in [0, 0.1) is 0 Å².